The topological polar surface area (TPSA) is 56.3 Å². The van der Waals surface area contributed by atoms with Crippen LogP contribution in [0.2, 0.25) is 0 Å². The van der Waals surface area contributed by atoms with Gasteiger partial charge in [-0.2, -0.15) is 0 Å². The fraction of sp³-hybridized carbons (Fsp3) is 0.625. The Hall–Kier alpha value is -1.24. The average Bonchev–Trinajstić information content (AvgIpc) is 3.06. The van der Waals surface area contributed by atoms with E-state index in [-0.39, 0.29) is 0 Å². The highest BCUT2D eigenvalue weighted by atomic mass is 32.1. The fourth-order valence-electron chi connectivity index (χ4n) is 3.88. The zero-order valence-corrected chi connectivity index (χ0v) is 13.9. The Morgan fingerprint density at radius 3 is 3.09 bits per heavy atom. The first-order chi connectivity index (χ1) is 10.7. The summed E-state index contributed by atoms with van der Waals surface area (Å²) in [7, 11) is 1.76. The van der Waals surface area contributed by atoms with E-state index in [1.807, 2.05) is 0 Å². The van der Waals surface area contributed by atoms with E-state index in [1.54, 1.807) is 24.8 Å². The smallest absolute Gasteiger partial charge is 0.138 e. The third-order valence-corrected chi connectivity index (χ3v) is 6.27. The summed E-state index contributed by atoms with van der Waals surface area (Å²) in [6, 6.07) is 0.380. The van der Waals surface area contributed by atoms with Crippen LogP contribution in [0, 0.1) is 25.7 Å². The Bertz CT molecular complexity index is 702. The Kier molecular flexibility index (Phi) is 3.55. The maximum atomic E-state index is 5.85. The fourth-order valence-corrected chi connectivity index (χ4v) is 4.88. The van der Waals surface area contributed by atoms with Gasteiger partial charge < -0.3 is 14.8 Å². The number of ether oxygens (including phenoxy) is 2. The number of fused-ring (bicyclic) bond motifs is 2. The van der Waals surface area contributed by atoms with E-state index in [1.165, 1.54) is 15.8 Å². The van der Waals surface area contributed by atoms with Crippen molar-refractivity contribution < 1.29 is 9.47 Å². The lowest BCUT2D eigenvalue weighted by Crippen LogP contribution is -2.58. The number of nitrogens with zero attached hydrogens (tertiary/aromatic N) is 2. The van der Waals surface area contributed by atoms with Gasteiger partial charge in [-0.1, -0.05) is 0 Å². The van der Waals surface area contributed by atoms with Crippen molar-refractivity contribution >= 4 is 27.4 Å². The largest absolute Gasteiger partial charge is 0.384 e. The molecule has 6 heteroatoms. The second-order valence-electron chi connectivity index (χ2n) is 6.26. The summed E-state index contributed by atoms with van der Waals surface area (Å²) in [5, 5.41) is 4.85. The van der Waals surface area contributed by atoms with Crippen LogP contribution in [0.3, 0.4) is 0 Å². The quantitative estimate of drug-likeness (QED) is 0.939. The number of anilines is 1. The van der Waals surface area contributed by atoms with Crippen LogP contribution in [0.4, 0.5) is 5.82 Å². The second-order valence-corrected chi connectivity index (χ2v) is 7.47. The highest BCUT2D eigenvalue weighted by Crippen LogP contribution is 2.46. The van der Waals surface area contributed by atoms with Crippen LogP contribution in [0.1, 0.15) is 16.9 Å². The Balaban J connectivity index is 1.65. The minimum absolute atomic E-state index is 0.347. The molecule has 0 unspecified atom stereocenters. The molecule has 0 aromatic carbocycles. The maximum absolute atomic E-state index is 5.85. The number of aromatic nitrogens is 2. The molecule has 0 amide bonds. The van der Waals surface area contributed by atoms with Gasteiger partial charge in [-0.05, 0) is 25.8 Å². The molecule has 1 saturated carbocycles. The highest BCUT2D eigenvalue weighted by molar-refractivity contribution is 7.18. The Morgan fingerprint density at radius 1 is 1.41 bits per heavy atom. The molecule has 0 radical (unpaired) electrons. The monoisotopic (exact) mass is 319 g/mol. The molecule has 0 spiro atoms. The molecule has 4 atom stereocenters. The lowest BCUT2D eigenvalue weighted by Gasteiger charge is -2.47. The summed E-state index contributed by atoms with van der Waals surface area (Å²) >= 11 is 1.74. The molecule has 5 nitrogen and oxygen atoms in total. The van der Waals surface area contributed by atoms with Gasteiger partial charge >= 0.3 is 0 Å². The lowest BCUT2D eigenvalue weighted by atomic mass is 9.67. The van der Waals surface area contributed by atoms with E-state index >= 15 is 0 Å². The molecular formula is C16H21N3O2S. The SMILES string of the molecule is COC[C@@H]1[C@@H](Nc2ncnc3sc(C)c(C)c23)[C@@H]2CCO[C@H]12. The van der Waals surface area contributed by atoms with E-state index in [4.69, 9.17) is 9.47 Å². The number of rotatable bonds is 4. The molecule has 1 aliphatic heterocycles. The predicted octanol–water partition coefficient (Wildman–Crippen LogP) is 2.77. The van der Waals surface area contributed by atoms with Gasteiger partial charge in [-0.3, -0.25) is 0 Å². The van der Waals surface area contributed by atoms with E-state index in [9.17, 15) is 0 Å². The summed E-state index contributed by atoms with van der Waals surface area (Å²) in [4.78, 5) is 11.3. The van der Waals surface area contributed by atoms with E-state index in [0.717, 1.165) is 30.3 Å². The van der Waals surface area contributed by atoms with Crippen LogP contribution in [0.15, 0.2) is 6.33 Å². The first-order valence-electron chi connectivity index (χ1n) is 7.78. The molecule has 118 valence electrons. The first-order valence-corrected chi connectivity index (χ1v) is 8.60. The van der Waals surface area contributed by atoms with E-state index in [0.29, 0.717) is 24.0 Å². The number of thiophene rings is 1. The highest BCUT2D eigenvalue weighted by Gasteiger charge is 2.54. The van der Waals surface area contributed by atoms with Crippen LogP contribution < -0.4 is 5.32 Å². The molecule has 2 aromatic rings. The predicted molar refractivity (Wildman–Crippen MR) is 87.5 cm³/mol. The van der Waals surface area contributed by atoms with Crippen LogP contribution in [-0.4, -0.2) is 42.4 Å². The number of hydrogen-bond acceptors (Lipinski definition) is 6. The number of methoxy groups -OCH3 is 1. The summed E-state index contributed by atoms with van der Waals surface area (Å²) < 4.78 is 11.2. The molecule has 2 aliphatic rings. The van der Waals surface area contributed by atoms with Crippen LogP contribution in [0.25, 0.3) is 10.2 Å². The van der Waals surface area contributed by atoms with Crippen molar-refractivity contribution in [3.05, 3.63) is 16.8 Å². The van der Waals surface area contributed by atoms with Crippen molar-refractivity contribution in [3.63, 3.8) is 0 Å². The summed E-state index contributed by atoms with van der Waals surface area (Å²) in [5.74, 6) is 1.94. The van der Waals surface area contributed by atoms with Crippen LogP contribution in [-0.2, 0) is 9.47 Å². The van der Waals surface area contributed by atoms with Crippen molar-refractivity contribution in [2.24, 2.45) is 11.8 Å². The van der Waals surface area contributed by atoms with Gasteiger partial charge in [0.1, 0.15) is 17.0 Å². The summed E-state index contributed by atoms with van der Waals surface area (Å²) in [5.41, 5.74) is 1.28. The summed E-state index contributed by atoms with van der Waals surface area (Å²) in [6.07, 6.45) is 3.13. The van der Waals surface area contributed by atoms with Crippen molar-refractivity contribution in [3.8, 4) is 0 Å². The normalized spacial score (nSPS) is 30.3. The maximum Gasteiger partial charge on any atom is 0.138 e. The van der Waals surface area contributed by atoms with Gasteiger partial charge in [0.2, 0.25) is 0 Å². The van der Waals surface area contributed by atoms with E-state index in [2.05, 4.69) is 29.1 Å². The molecular weight excluding hydrogens is 298 g/mol. The minimum Gasteiger partial charge on any atom is -0.384 e. The Labute approximate surface area is 134 Å². The second kappa shape index (κ2) is 5.44. The molecule has 2 aromatic heterocycles. The number of hydrogen-bond donors (Lipinski definition) is 1. The lowest BCUT2D eigenvalue weighted by molar-refractivity contribution is -0.0667. The number of aryl methyl sites for hydroxylation is 2. The molecule has 1 saturated heterocycles. The van der Waals surface area contributed by atoms with E-state index < -0.39 is 0 Å². The number of nitrogens with one attached hydrogen (secondary N) is 1. The standard InChI is InChI=1S/C16H21N3O2S/c1-8-9(2)22-16-12(8)15(17-7-18-16)19-13-10-4-5-21-14(10)11(13)6-20-3/h7,10-11,13-14H,4-6H2,1-3H3,(H,17,18,19)/t10-,11+,13-,14-/m0/s1. The third kappa shape index (κ3) is 2.05. The van der Waals surface area contributed by atoms with Gasteiger partial charge in [-0.15, -0.1) is 11.3 Å². The zero-order chi connectivity index (χ0) is 15.3. The third-order valence-electron chi connectivity index (χ3n) is 5.16. The van der Waals surface area contributed by atoms with Gasteiger partial charge in [0.25, 0.3) is 0 Å². The average molecular weight is 319 g/mol. The van der Waals surface area contributed by atoms with Crippen molar-refractivity contribution in [1.29, 1.82) is 0 Å². The van der Waals surface area contributed by atoms with Crippen molar-refractivity contribution in [2.75, 3.05) is 25.6 Å². The zero-order valence-electron chi connectivity index (χ0n) is 13.1. The molecule has 22 heavy (non-hydrogen) atoms. The van der Waals surface area contributed by atoms with Gasteiger partial charge in [-0.25, -0.2) is 9.97 Å². The van der Waals surface area contributed by atoms with Gasteiger partial charge in [0.05, 0.1) is 18.1 Å². The molecule has 4 rings (SSSR count). The molecule has 1 aliphatic carbocycles. The van der Waals surface area contributed by atoms with Crippen LogP contribution >= 0.6 is 11.3 Å². The molecule has 1 N–H and O–H groups in total. The molecule has 3 heterocycles. The van der Waals surface area contributed by atoms with Gasteiger partial charge in [0, 0.05) is 36.5 Å². The van der Waals surface area contributed by atoms with Crippen molar-refractivity contribution in [2.45, 2.75) is 32.4 Å². The van der Waals surface area contributed by atoms with Crippen LogP contribution in [0.5, 0.6) is 0 Å². The molecule has 0 bridgehead atoms. The minimum atomic E-state index is 0.347. The Morgan fingerprint density at radius 2 is 2.27 bits per heavy atom. The summed E-state index contributed by atoms with van der Waals surface area (Å²) in [6.45, 7) is 5.89. The first kappa shape index (κ1) is 14.4. The molecule has 2 fully saturated rings. The van der Waals surface area contributed by atoms with Gasteiger partial charge in [0.15, 0.2) is 0 Å². The van der Waals surface area contributed by atoms with Crippen molar-refractivity contribution in [1.82, 2.24) is 9.97 Å².